The molecule has 0 bridgehead atoms. The number of methoxy groups -OCH3 is 1. The smallest absolute Gasteiger partial charge is 0.251 e. The number of ether oxygens (including phenoxy) is 1. The fourth-order valence-corrected chi connectivity index (χ4v) is 3.51. The first-order chi connectivity index (χ1) is 15.6. The summed E-state index contributed by atoms with van der Waals surface area (Å²) in [6.45, 7) is 0. The molecule has 158 valence electrons. The van der Waals surface area contributed by atoms with Crippen LogP contribution < -0.4 is 15.8 Å². The van der Waals surface area contributed by atoms with Crippen molar-refractivity contribution in [2.75, 3.05) is 12.8 Å². The lowest BCUT2D eigenvalue weighted by molar-refractivity contribution is 0.0951. The Morgan fingerprint density at radius 1 is 1.16 bits per heavy atom. The average Bonchev–Trinajstić information content (AvgIpc) is 3.55. The summed E-state index contributed by atoms with van der Waals surface area (Å²) in [5.41, 5.74) is 9.76. The Balaban J connectivity index is 1.55. The lowest BCUT2D eigenvalue weighted by Crippen LogP contribution is -2.25. The van der Waals surface area contributed by atoms with E-state index in [1.807, 2.05) is 47.2 Å². The van der Waals surface area contributed by atoms with Crippen molar-refractivity contribution in [2.24, 2.45) is 0 Å². The molecule has 1 fully saturated rings. The molecule has 2 heterocycles. The fraction of sp³-hybridized carbons (Fsp3) is 0.160. The standard InChI is InChI=1S/C25H21N5O2/c1-32-21-7-3-6-20(13-21)30-14-18(22-23(26)27-15-28-24(22)30)9-8-16-4-2-5-17(12-16)25(31)29-19-10-11-19/h2-7,12-15,19H,10-11H2,1H3,(H,29,31)(H2,26,27,28). The first kappa shape index (κ1) is 19.6. The number of hydrogen-bond donors (Lipinski definition) is 2. The topological polar surface area (TPSA) is 95.1 Å². The Morgan fingerprint density at radius 3 is 2.81 bits per heavy atom. The van der Waals surface area contributed by atoms with Gasteiger partial charge in [0.2, 0.25) is 0 Å². The van der Waals surface area contributed by atoms with Gasteiger partial charge in [-0.2, -0.15) is 0 Å². The van der Waals surface area contributed by atoms with Gasteiger partial charge in [-0.1, -0.05) is 24.0 Å². The van der Waals surface area contributed by atoms with E-state index < -0.39 is 0 Å². The lowest BCUT2D eigenvalue weighted by atomic mass is 10.1. The van der Waals surface area contributed by atoms with Gasteiger partial charge in [0.05, 0.1) is 23.7 Å². The predicted molar refractivity (Wildman–Crippen MR) is 123 cm³/mol. The number of nitrogens with zero attached hydrogens (tertiary/aromatic N) is 3. The Bertz CT molecular complexity index is 1390. The Hall–Kier alpha value is -4.31. The Labute approximate surface area is 185 Å². The molecule has 7 nitrogen and oxygen atoms in total. The summed E-state index contributed by atoms with van der Waals surface area (Å²) in [6, 6.07) is 15.3. The van der Waals surface area contributed by atoms with Crippen LogP contribution >= 0.6 is 0 Å². The van der Waals surface area contributed by atoms with Crippen LogP contribution in [0.15, 0.2) is 61.1 Å². The number of nitrogen functional groups attached to an aromatic ring is 1. The van der Waals surface area contributed by atoms with Crippen molar-refractivity contribution in [1.82, 2.24) is 19.9 Å². The van der Waals surface area contributed by atoms with E-state index in [4.69, 9.17) is 10.5 Å². The van der Waals surface area contributed by atoms with E-state index >= 15 is 0 Å². The molecule has 1 aliphatic rings. The van der Waals surface area contributed by atoms with Gasteiger partial charge in [0, 0.05) is 29.4 Å². The number of hydrogen-bond acceptors (Lipinski definition) is 5. The second-order valence-corrected chi connectivity index (χ2v) is 7.65. The summed E-state index contributed by atoms with van der Waals surface area (Å²) < 4.78 is 7.27. The summed E-state index contributed by atoms with van der Waals surface area (Å²) >= 11 is 0. The number of nitrogens with two attached hydrogens (primary N) is 1. The Kier molecular flexibility index (Phi) is 4.96. The second-order valence-electron chi connectivity index (χ2n) is 7.65. The van der Waals surface area contributed by atoms with Gasteiger partial charge < -0.3 is 15.8 Å². The monoisotopic (exact) mass is 423 g/mol. The molecule has 4 aromatic rings. The maximum atomic E-state index is 12.3. The van der Waals surface area contributed by atoms with Crippen molar-refractivity contribution in [3.8, 4) is 23.3 Å². The van der Waals surface area contributed by atoms with E-state index in [-0.39, 0.29) is 5.91 Å². The molecule has 1 saturated carbocycles. The van der Waals surface area contributed by atoms with E-state index in [2.05, 4.69) is 27.1 Å². The van der Waals surface area contributed by atoms with Gasteiger partial charge in [0.25, 0.3) is 5.91 Å². The van der Waals surface area contributed by atoms with Gasteiger partial charge in [0.15, 0.2) is 5.65 Å². The van der Waals surface area contributed by atoms with Gasteiger partial charge in [-0.15, -0.1) is 0 Å². The van der Waals surface area contributed by atoms with Crippen molar-refractivity contribution < 1.29 is 9.53 Å². The summed E-state index contributed by atoms with van der Waals surface area (Å²) in [7, 11) is 1.63. The fourth-order valence-electron chi connectivity index (χ4n) is 3.51. The van der Waals surface area contributed by atoms with E-state index in [1.165, 1.54) is 6.33 Å². The minimum atomic E-state index is -0.0663. The first-order valence-electron chi connectivity index (χ1n) is 10.3. The molecule has 0 spiro atoms. The molecule has 0 aliphatic heterocycles. The molecule has 0 atom stereocenters. The lowest BCUT2D eigenvalue weighted by Gasteiger charge is -2.06. The number of carbonyl (C=O) groups is 1. The number of nitrogens with one attached hydrogen (secondary N) is 1. The molecule has 1 amide bonds. The first-order valence-corrected chi connectivity index (χ1v) is 10.3. The van der Waals surface area contributed by atoms with Crippen LogP contribution in [0.4, 0.5) is 5.82 Å². The number of carbonyl (C=O) groups excluding carboxylic acids is 1. The highest BCUT2D eigenvalue weighted by Crippen LogP contribution is 2.27. The number of amides is 1. The summed E-state index contributed by atoms with van der Waals surface area (Å²) in [4.78, 5) is 20.9. The minimum Gasteiger partial charge on any atom is -0.497 e. The van der Waals surface area contributed by atoms with Crippen LogP contribution in [0.25, 0.3) is 16.7 Å². The molecule has 0 saturated heterocycles. The van der Waals surface area contributed by atoms with Crippen molar-refractivity contribution in [2.45, 2.75) is 18.9 Å². The molecule has 5 rings (SSSR count). The van der Waals surface area contributed by atoms with E-state index in [9.17, 15) is 4.79 Å². The van der Waals surface area contributed by atoms with Crippen LogP contribution in [0, 0.1) is 11.8 Å². The summed E-state index contributed by atoms with van der Waals surface area (Å²) in [5.74, 6) is 7.37. The normalized spacial score (nSPS) is 12.8. The predicted octanol–water partition coefficient (Wildman–Crippen LogP) is 3.30. The highest BCUT2D eigenvalue weighted by Gasteiger charge is 2.23. The molecule has 32 heavy (non-hydrogen) atoms. The number of anilines is 1. The summed E-state index contributed by atoms with van der Waals surface area (Å²) in [5, 5.41) is 3.69. The maximum Gasteiger partial charge on any atom is 0.251 e. The zero-order chi connectivity index (χ0) is 22.1. The minimum absolute atomic E-state index is 0.0663. The summed E-state index contributed by atoms with van der Waals surface area (Å²) in [6.07, 6.45) is 5.42. The number of benzene rings is 2. The van der Waals surface area contributed by atoms with E-state index in [0.29, 0.717) is 34.0 Å². The largest absolute Gasteiger partial charge is 0.497 e. The molecule has 3 N–H and O–H groups in total. The van der Waals surface area contributed by atoms with Crippen molar-refractivity contribution in [3.05, 3.63) is 77.7 Å². The number of fused-ring (bicyclic) bond motifs is 1. The molecule has 2 aromatic carbocycles. The third-order valence-electron chi connectivity index (χ3n) is 5.32. The van der Waals surface area contributed by atoms with Crippen LogP contribution in [0.5, 0.6) is 5.75 Å². The number of aromatic nitrogens is 3. The van der Waals surface area contributed by atoms with Crippen LogP contribution in [-0.4, -0.2) is 33.6 Å². The third-order valence-corrected chi connectivity index (χ3v) is 5.32. The molecular formula is C25H21N5O2. The van der Waals surface area contributed by atoms with Gasteiger partial charge in [-0.3, -0.25) is 9.36 Å². The third kappa shape index (κ3) is 3.86. The molecular weight excluding hydrogens is 402 g/mol. The number of rotatable bonds is 4. The van der Waals surface area contributed by atoms with Gasteiger partial charge >= 0.3 is 0 Å². The quantitative estimate of drug-likeness (QED) is 0.491. The SMILES string of the molecule is COc1cccc(-n2cc(C#Cc3cccc(C(=O)NC4CC4)c3)c3c(N)ncnc32)c1. The van der Waals surface area contributed by atoms with Crippen LogP contribution in [-0.2, 0) is 0 Å². The highest BCUT2D eigenvalue weighted by atomic mass is 16.5. The van der Waals surface area contributed by atoms with Crippen molar-refractivity contribution in [3.63, 3.8) is 0 Å². The molecule has 0 radical (unpaired) electrons. The van der Waals surface area contributed by atoms with Crippen LogP contribution in [0.3, 0.4) is 0 Å². The molecule has 7 heteroatoms. The van der Waals surface area contributed by atoms with E-state index in [0.717, 1.165) is 29.8 Å². The van der Waals surface area contributed by atoms with Gasteiger partial charge in [-0.05, 0) is 43.2 Å². The van der Waals surface area contributed by atoms with Crippen LogP contribution in [0.1, 0.15) is 34.3 Å². The van der Waals surface area contributed by atoms with Gasteiger partial charge in [0.1, 0.15) is 17.9 Å². The zero-order valence-corrected chi connectivity index (χ0v) is 17.5. The second kappa shape index (κ2) is 8.08. The average molecular weight is 423 g/mol. The van der Waals surface area contributed by atoms with Crippen molar-refractivity contribution >= 4 is 22.8 Å². The van der Waals surface area contributed by atoms with Gasteiger partial charge in [-0.25, -0.2) is 9.97 Å². The molecule has 2 aromatic heterocycles. The molecule has 1 aliphatic carbocycles. The van der Waals surface area contributed by atoms with Crippen LogP contribution in [0.2, 0.25) is 0 Å². The maximum absolute atomic E-state index is 12.3. The van der Waals surface area contributed by atoms with Crippen molar-refractivity contribution in [1.29, 1.82) is 0 Å². The highest BCUT2D eigenvalue weighted by molar-refractivity contribution is 5.95. The Morgan fingerprint density at radius 2 is 2.00 bits per heavy atom. The van der Waals surface area contributed by atoms with E-state index in [1.54, 1.807) is 19.2 Å². The molecule has 0 unspecified atom stereocenters. The zero-order valence-electron chi connectivity index (χ0n) is 17.5.